The highest BCUT2D eigenvalue weighted by atomic mass is 16.6. The molecule has 4 heteroatoms. The van der Waals surface area contributed by atoms with Crippen molar-refractivity contribution in [3.8, 4) is 0 Å². The van der Waals surface area contributed by atoms with Crippen molar-refractivity contribution in [2.24, 2.45) is 17.8 Å². The van der Waals surface area contributed by atoms with Gasteiger partial charge in [-0.2, -0.15) is 0 Å². The maximum Gasteiger partial charge on any atom is 0.337 e. The first-order valence-electron chi connectivity index (χ1n) is 6.45. The summed E-state index contributed by atoms with van der Waals surface area (Å²) in [6.45, 7) is 5.83. The molecule has 0 aliphatic heterocycles. The molecule has 0 aromatic carbocycles. The fourth-order valence-electron chi connectivity index (χ4n) is 2.55. The zero-order valence-electron chi connectivity index (χ0n) is 10.9. The molecule has 0 aromatic heterocycles. The zero-order valence-corrected chi connectivity index (χ0v) is 10.9. The van der Waals surface area contributed by atoms with E-state index in [0.717, 1.165) is 12.8 Å². The summed E-state index contributed by atoms with van der Waals surface area (Å²) in [5, 5.41) is 17.9. The molecule has 4 unspecified atom stereocenters. The highest BCUT2D eigenvalue weighted by molar-refractivity contribution is 5.74. The van der Waals surface area contributed by atoms with Crippen LogP contribution in [0.15, 0.2) is 0 Å². The molecule has 0 bridgehead atoms. The lowest BCUT2D eigenvalue weighted by Crippen LogP contribution is -2.39. The van der Waals surface area contributed by atoms with Crippen molar-refractivity contribution in [1.82, 2.24) is 0 Å². The van der Waals surface area contributed by atoms with Crippen LogP contribution >= 0.6 is 0 Å². The molecule has 1 rings (SSSR count). The number of hydrogen-bond donors (Lipinski definition) is 2. The third kappa shape index (κ3) is 3.96. The van der Waals surface area contributed by atoms with Crippen molar-refractivity contribution in [3.05, 3.63) is 0 Å². The maximum absolute atomic E-state index is 11.5. The van der Waals surface area contributed by atoms with Gasteiger partial charge in [0.2, 0.25) is 0 Å². The minimum atomic E-state index is -1.40. The van der Waals surface area contributed by atoms with Crippen LogP contribution < -0.4 is 0 Å². The molecule has 17 heavy (non-hydrogen) atoms. The predicted octanol–water partition coefficient (Wildman–Crippen LogP) is 1.34. The Morgan fingerprint density at radius 1 is 1.41 bits per heavy atom. The van der Waals surface area contributed by atoms with Gasteiger partial charge in [-0.3, -0.25) is 0 Å². The quantitative estimate of drug-likeness (QED) is 0.732. The molecular formula is C13H24O4. The Labute approximate surface area is 103 Å². The lowest BCUT2D eigenvalue weighted by molar-refractivity contribution is -0.167. The molecular weight excluding hydrogens is 220 g/mol. The molecule has 0 heterocycles. The number of hydrogen-bond acceptors (Lipinski definition) is 4. The second-order valence-corrected chi connectivity index (χ2v) is 5.50. The van der Waals surface area contributed by atoms with E-state index in [9.17, 15) is 9.90 Å². The SMILES string of the molecule is CC1CCC(C(C)C)C(OC(=O)C(O)CO)C1. The summed E-state index contributed by atoms with van der Waals surface area (Å²) in [5.74, 6) is 0.680. The van der Waals surface area contributed by atoms with Gasteiger partial charge in [0.1, 0.15) is 6.10 Å². The van der Waals surface area contributed by atoms with E-state index in [2.05, 4.69) is 20.8 Å². The van der Waals surface area contributed by atoms with E-state index in [-0.39, 0.29) is 6.10 Å². The number of ether oxygens (including phenoxy) is 1. The van der Waals surface area contributed by atoms with Crippen molar-refractivity contribution in [2.45, 2.75) is 52.2 Å². The summed E-state index contributed by atoms with van der Waals surface area (Å²) in [6, 6.07) is 0. The number of aliphatic hydroxyl groups excluding tert-OH is 2. The molecule has 4 atom stereocenters. The highest BCUT2D eigenvalue weighted by Gasteiger charge is 2.34. The Hall–Kier alpha value is -0.610. The Morgan fingerprint density at radius 3 is 2.59 bits per heavy atom. The van der Waals surface area contributed by atoms with Crippen LogP contribution in [0.5, 0.6) is 0 Å². The molecule has 0 radical (unpaired) electrons. The summed E-state index contributed by atoms with van der Waals surface area (Å²) < 4.78 is 5.34. The second kappa shape index (κ2) is 6.36. The van der Waals surface area contributed by atoms with Gasteiger partial charge in [0.05, 0.1) is 6.61 Å². The molecule has 1 aliphatic rings. The largest absolute Gasteiger partial charge is 0.460 e. The first-order chi connectivity index (χ1) is 7.95. The predicted molar refractivity (Wildman–Crippen MR) is 64.3 cm³/mol. The maximum atomic E-state index is 11.5. The van der Waals surface area contributed by atoms with Crippen molar-refractivity contribution in [1.29, 1.82) is 0 Å². The van der Waals surface area contributed by atoms with E-state index >= 15 is 0 Å². The normalized spacial score (nSPS) is 31.3. The molecule has 0 amide bonds. The average molecular weight is 244 g/mol. The Balaban J connectivity index is 2.60. The lowest BCUT2D eigenvalue weighted by atomic mass is 9.75. The van der Waals surface area contributed by atoms with Gasteiger partial charge in [-0.1, -0.05) is 27.2 Å². The number of esters is 1. The number of aliphatic hydroxyl groups is 2. The van der Waals surface area contributed by atoms with Crippen LogP contribution in [0.25, 0.3) is 0 Å². The Bertz CT molecular complexity index is 252. The van der Waals surface area contributed by atoms with Gasteiger partial charge in [0.15, 0.2) is 6.10 Å². The van der Waals surface area contributed by atoms with Crippen LogP contribution in [-0.4, -0.2) is 35.0 Å². The third-order valence-corrected chi connectivity index (χ3v) is 3.67. The molecule has 1 saturated carbocycles. The minimum absolute atomic E-state index is 0.118. The van der Waals surface area contributed by atoms with Crippen LogP contribution in [-0.2, 0) is 9.53 Å². The van der Waals surface area contributed by atoms with Crippen molar-refractivity contribution in [2.75, 3.05) is 6.61 Å². The van der Waals surface area contributed by atoms with Gasteiger partial charge in [0, 0.05) is 0 Å². The highest BCUT2D eigenvalue weighted by Crippen LogP contribution is 2.35. The minimum Gasteiger partial charge on any atom is -0.460 e. The van der Waals surface area contributed by atoms with Gasteiger partial charge in [0.25, 0.3) is 0 Å². The van der Waals surface area contributed by atoms with E-state index in [1.165, 1.54) is 6.42 Å². The van der Waals surface area contributed by atoms with E-state index in [4.69, 9.17) is 9.84 Å². The number of rotatable bonds is 4. The van der Waals surface area contributed by atoms with Gasteiger partial charge < -0.3 is 14.9 Å². The van der Waals surface area contributed by atoms with Crippen LogP contribution in [0.1, 0.15) is 40.0 Å². The number of carbonyl (C=O) groups is 1. The van der Waals surface area contributed by atoms with Crippen LogP contribution in [0.3, 0.4) is 0 Å². The van der Waals surface area contributed by atoms with E-state index < -0.39 is 18.7 Å². The van der Waals surface area contributed by atoms with Gasteiger partial charge in [-0.15, -0.1) is 0 Å². The second-order valence-electron chi connectivity index (χ2n) is 5.50. The molecule has 1 aliphatic carbocycles. The molecule has 0 saturated heterocycles. The van der Waals surface area contributed by atoms with Gasteiger partial charge >= 0.3 is 5.97 Å². The monoisotopic (exact) mass is 244 g/mol. The van der Waals surface area contributed by atoms with E-state index in [1.54, 1.807) is 0 Å². The summed E-state index contributed by atoms with van der Waals surface area (Å²) in [7, 11) is 0. The fourth-order valence-corrected chi connectivity index (χ4v) is 2.55. The summed E-state index contributed by atoms with van der Waals surface area (Å²) >= 11 is 0. The molecule has 4 nitrogen and oxygen atoms in total. The molecule has 2 N–H and O–H groups in total. The average Bonchev–Trinajstić information content (AvgIpc) is 2.27. The number of carbonyl (C=O) groups excluding carboxylic acids is 1. The third-order valence-electron chi connectivity index (χ3n) is 3.67. The lowest BCUT2D eigenvalue weighted by Gasteiger charge is -2.36. The van der Waals surface area contributed by atoms with Gasteiger partial charge in [-0.05, 0) is 30.6 Å². The molecule has 100 valence electrons. The molecule has 0 spiro atoms. The van der Waals surface area contributed by atoms with Crippen LogP contribution in [0, 0.1) is 17.8 Å². The van der Waals surface area contributed by atoms with Crippen molar-refractivity contribution < 1.29 is 19.7 Å². The smallest absolute Gasteiger partial charge is 0.337 e. The molecule has 1 fully saturated rings. The first kappa shape index (κ1) is 14.5. The Morgan fingerprint density at radius 2 is 2.06 bits per heavy atom. The summed E-state index contributed by atoms with van der Waals surface area (Å²) in [4.78, 5) is 11.5. The standard InChI is InChI=1S/C13H24O4/c1-8(2)10-5-4-9(3)6-12(10)17-13(16)11(15)7-14/h8-12,14-15H,4-7H2,1-3H3. The summed E-state index contributed by atoms with van der Waals surface area (Å²) in [6.07, 6.45) is 1.56. The van der Waals surface area contributed by atoms with Crippen molar-refractivity contribution in [3.63, 3.8) is 0 Å². The van der Waals surface area contributed by atoms with Crippen LogP contribution in [0.2, 0.25) is 0 Å². The zero-order chi connectivity index (χ0) is 13.0. The van der Waals surface area contributed by atoms with Crippen LogP contribution in [0.4, 0.5) is 0 Å². The van der Waals surface area contributed by atoms with E-state index in [1.807, 2.05) is 0 Å². The van der Waals surface area contributed by atoms with E-state index in [0.29, 0.717) is 17.8 Å². The topological polar surface area (TPSA) is 66.8 Å². The fraction of sp³-hybridized carbons (Fsp3) is 0.923. The van der Waals surface area contributed by atoms with Crippen molar-refractivity contribution >= 4 is 5.97 Å². The summed E-state index contributed by atoms with van der Waals surface area (Å²) in [5.41, 5.74) is 0. The molecule has 0 aromatic rings. The first-order valence-corrected chi connectivity index (χ1v) is 6.45. The van der Waals surface area contributed by atoms with Gasteiger partial charge in [-0.25, -0.2) is 4.79 Å². The Kier molecular flexibility index (Phi) is 5.40.